The maximum atomic E-state index is 13.9. The monoisotopic (exact) mass is 326 g/mol. The summed E-state index contributed by atoms with van der Waals surface area (Å²) < 4.78 is 13.9. The van der Waals surface area contributed by atoms with Crippen LogP contribution < -0.4 is 11.1 Å². The zero-order valence-electron chi connectivity index (χ0n) is 13.1. The van der Waals surface area contributed by atoms with E-state index in [0.29, 0.717) is 22.5 Å². The zero-order valence-corrected chi connectivity index (χ0v) is 13.1. The molecule has 0 aliphatic rings. The summed E-state index contributed by atoms with van der Waals surface area (Å²) in [6.07, 6.45) is 0.298. The molecule has 4 N–H and O–H groups in total. The van der Waals surface area contributed by atoms with Crippen LogP contribution in [-0.2, 0) is 0 Å². The molecule has 2 heterocycles. The van der Waals surface area contributed by atoms with Crippen molar-refractivity contribution in [2.45, 2.75) is 13.8 Å². The molecule has 0 aliphatic heterocycles. The molecule has 0 bridgehead atoms. The topological polar surface area (TPSA) is 101 Å². The SMILES string of the molecule is Cc1cc(F)c(NC(=O)O)cc1-c1cc2cnc(N)cc2nc1C. The Morgan fingerprint density at radius 3 is 2.67 bits per heavy atom. The first-order valence-electron chi connectivity index (χ1n) is 7.18. The summed E-state index contributed by atoms with van der Waals surface area (Å²) in [6.45, 7) is 3.59. The standard InChI is InChI=1S/C17H15FN4O2/c1-8-3-13(18)15(22-17(23)24)5-11(8)12-4-10-7-20-16(19)6-14(10)21-9(12)2/h3-7,22H,1-2H3,(H2,19,20)(H,23,24). The van der Waals surface area contributed by atoms with Crippen LogP contribution in [0.25, 0.3) is 22.0 Å². The van der Waals surface area contributed by atoms with Crippen molar-refractivity contribution in [3.05, 3.63) is 47.5 Å². The minimum absolute atomic E-state index is 0.0990. The second kappa shape index (κ2) is 5.77. The van der Waals surface area contributed by atoms with Crippen molar-refractivity contribution in [2.24, 2.45) is 0 Å². The molecule has 0 unspecified atom stereocenters. The number of anilines is 2. The van der Waals surface area contributed by atoms with Gasteiger partial charge in [-0.15, -0.1) is 0 Å². The van der Waals surface area contributed by atoms with Gasteiger partial charge < -0.3 is 10.8 Å². The summed E-state index contributed by atoms with van der Waals surface area (Å²) in [7, 11) is 0. The van der Waals surface area contributed by atoms with E-state index in [4.69, 9.17) is 10.8 Å². The molecule has 0 atom stereocenters. The lowest BCUT2D eigenvalue weighted by Crippen LogP contribution is -2.09. The van der Waals surface area contributed by atoms with Crippen molar-refractivity contribution in [2.75, 3.05) is 11.1 Å². The Kier molecular flexibility index (Phi) is 3.76. The van der Waals surface area contributed by atoms with Gasteiger partial charge in [0.1, 0.15) is 11.6 Å². The molecule has 0 spiro atoms. The number of hydrogen-bond donors (Lipinski definition) is 3. The highest BCUT2D eigenvalue weighted by atomic mass is 19.1. The lowest BCUT2D eigenvalue weighted by atomic mass is 9.97. The number of carbonyl (C=O) groups is 1. The van der Waals surface area contributed by atoms with Crippen molar-refractivity contribution < 1.29 is 14.3 Å². The number of hydrogen-bond acceptors (Lipinski definition) is 4. The molecule has 24 heavy (non-hydrogen) atoms. The molecule has 2 aromatic heterocycles. The lowest BCUT2D eigenvalue weighted by Gasteiger charge is -2.13. The molecule has 0 aliphatic carbocycles. The van der Waals surface area contributed by atoms with E-state index in [0.717, 1.165) is 16.6 Å². The van der Waals surface area contributed by atoms with Crippen molar-refractivity contribution in [1.82, 2.24) is 9.97 Å². The number of carboxylic acid groups (broad SMARTS) is 1. The summed E-state index contributed by atoms with van der Waals surface area (Å²) in [5.41, 5.74) is 9.17. The van der Waals surface area contributed by atoms with Crippen LogP contribution in [0.2, 0.25) is 0 Å². The van der Waals surface area contributed by atoms with Gasteiger partial charge >= 0.3 is 6.09 Å². The van der Waals surface area contributed by atoms with Crippen LogP contribution in [0.1, 0.15) is 11.3 Å². The summed E-state index contributed by atoms with van der Waals surface area (Å²) >= 11 is 0. The quantitative estimate of drug-likeness (QED) is 0.666. The highest BCUT2D eigenvalue weighted by Crippen LogP contribution is 2.32. The summed E-state index contributed by atoms with van der Waals surface area (Å²) in [5.74, 6) is -0.243. The number of pyridine rings is 2. The second-order valence-electron chi connectivity index (χ2n) is 5.50. The largest absolute Gasteiger partial charge is 0.465 e. The Labute approximate surface area is 137 Å². The molecule has 1 amide bonds. The van der Waals surface area contributed by atoms with E-state index >= 15 is 0 Å². The average Bonchev–Trinajstić information content (AvgIpc) is 2.49. The number of amides is 1. The summed E-state index contributed by atoms with van der Waals surface area (Å²) in [4.78, 5) is 19.4. The lowest BCUT2D eigenvalue weighted by molar-refractivity contribution is 0.209. The molecular weight excluding hydrogens is 311 g/mol. The first-order chi connectivity index (χ1) is 11.3. The van der Waals surface area contributed by atoms with E-state index in [1.807, 2.05) is 13.0 Å². The van der Waals surface area contributed by atoms with Gasteiger partial charge in [0.05, 0.1) is 11.2 Å². The summed E-state index contributed by atoms with van der Waals surface area (Å²) in [5, 5.41) is 11.7. The Morgan fingerprint density at radius 1 is 1.21 bits per heavy atom. The Bertz CT molecular complexity index is 972. The zero-order chi connectivity index (χ0) is 17.4. The molecule has 0 fully saturated rings. The third-order valence-electron chi connectivity index (χ3n) is 3.76. The minimum atomic E-state index is -1.32. The van der Waals surface area contributed by atoms with E-state index in [-0.39, 0.29) is 5.69 Å². The Morgan fingerprint density at radius 2 is 1.96 bits per heavy atom. The van der Waals surface area contributed by atoms with Gasteiger partial charge in [-0.25, -0.2) is 14.2 Å². The molecule has 0 saturated carbocycles. The van der Waals surface area contributed by atoms with E-state index in [1.54, 1.807) is 19.2 Å². The van der Waals surface area contributed by atoms with Gasteiger partial charge in [0.15, 0.2) is 0 Å². The number of nitrogens with two attached hydrogens (primary N) is 1. The molecule has 3 aromatic rings. The molecule has 1 aromatic carbocycles. The third kappa shape index (κ3) is 2.83. The first-order valence-corrected chi connectivity index (χ1v) is 7.18. The molecule has 7 heteroatoms. The Hall–Kier alpha value is -3.22. The van der Waals surface area contributed by atoms with Gasteiger partial charge in [-0.05, 0) is 43.2 Å². The second-order valence-corrected chi connectivity index (χ2v) is 5.50. The van der Waals surface area contributed by atoms with Crippen molar-refractivity contribution in [3.8, 4) is 11.1 Å². The van der Waals surface area contributed by atoms with Crippen molar-refractivity contribution in [3.63, 3.8) is 0 Å². The maximum absolute atomic E-state index is 13.9. The van der Waals surface area contributed by atoms with Gasteiger partial charge in [0.2, 0.25) is 0 Å². The fourth-order valence-electron chi connectivity index (χ4n) is 2.63. The van der Waals surface area contributed by atoms with Gasteiger partial charge in [0.25, 0.3) is 0 Å². The third-order valence-corrected chi connectivity index (χ3v) is 3.76. The smallest absolute Gasteiger partial charge is 0.409 e. The number of fused-ring (bicyclic) bond motifs is 1. The Balaban J connectivity index is 2.21. The van der Waals surface area contributed by atoms with Crippen LogP contribution in [0, 0.1) is 19.7 Å². The van der Waals surface area contributed by atoms with Crippen LogP contribution in [0.4, 0.5) is 20.7 Å². The molecule has 0 saturated heterocycles. The van der Waals surface area contributed by atoms with E-state index in [2.05, 4.69) is 15.3 Å². The summed E-state index contributed by atoms with van der Waals surface area (Å²) in [6, 6.07) is 6.33. The van der Waals surface area contributed by atoms with E-state index < -0.39 is 11.9 Å². The maximum Gasteiger partial charge on any atom is 0.409 e. The van der Waals surface area contributed by atoms with E-state index in [1.165, 1.54) is 12.1 Å². The highest BCUT2D eigenvalue weighted by molar-refractivity contribution is 5.89. The highest BCUT2D eigenvalue weighted by Gasteiger charge is 2.14. The minimum Gasteiger partial charge on any atom is -0.465 e. The fourth-order valence-corrected chi connectivity index (χ4v) is 2.63. The van der Waals surface area contributed by atoms with Crippen LogP contribution >= 0.6 is 0 Å². The van der Waals surface area contributed by atoms with Gasteiger partial charge in [0, 0.05) is 28.9 Å². The predicted octanol–water partition coefficient (Wildman–Crippen LogP) is 3.72. The molecule has 0 radical (unpaired) electrons. The van der Waals surface area contributed by atoms with Gasteiger partial charge in [-0.3, -0.25) is 10.3 Å². The average molecular weight is 326 g/mol. The van der Waals surface area contributed by atoms with Gasteiger partial charge in [-0.2, -0.15) is 0 Å². The number of nitrogens with one attached hydrogen (secondary N) is 1. The molecule has 122 valence electrons. The number of rotatable bonds is 2. The molecule has 3 rings (SSSR count). The number of benzene rings is 1. The normalized spacial score (nSPS) is 10.8. The van der Waals surface area contributed by atoms with Crippen molar-refractivity contribution >= 4 is 28.5 Å². The molecular formula is C17H15FN4O2. The van der Waals surface area contributed by atoms with Crippen LogP contribution in [0.15, 0.2) is 30.5 Å². The number of aromatic nitrogens is 2. The van der Waals surface area contributed by atoms with Gasteiger partial charge in [-0.1, -0.05) is 0 Å². The first kappa shape index (κ1) is 15.7. The predicted molar refractivity (Wildman–Crippen MR) is 90.5 cm³/mol. The molecule has 6 nitrogen and oxygen atoms in total. The van der Waals surface area contributed by atoms with Crippen LogP contribution in [-0.4, -0.2) is 21.2 Å². The number of halogens is 1. The number of aryl methyl sites for hydroxylation is 2. The van der Waals surface area contributed by atoms with Crippen LogP contribution in [0.3, 0.4) is 0 Å². The fraction of sp³-hybridized carbons (Fsp3) is 0.118. The van der Waals surface area contributed by atoms with Crippen LogP contribution in [0.5, 0.6) is 0 Å². The number of nitrogen functional groups attached to an aromatic ring is 1. The number of nitrogens with zero attached hydrogens (tertiary/aromatic N) is 2. The van der Waals surface area contributed by atoms with E-state index in [9.17, 15) is 9.18 Å². The van der Waals surface area contributed by atoms with Crippen molar-refractivity contribution in [1.29, 1.82) is 0 Å².